The standard InChI is InChI=1S/C17H15ClFNO3/c18-13-9-11(5-6-14(13)19)23-10-17(21)20-15-7-8-22-16-4-2-1-3-12(15)16/h1-6,9,15H,7-8,10H2,(H,20,21). The number of halogens is 2. The molecule has 0 radical (unpaired) electrons. The van der Waals surface area contributed by atoms with Gasteiger partial charge in [-0.1, -0.05) is 29.8 Å². The molecule has 23 heavy (non-hydrogen) atoms. The van der Waals surface area contributed by atoms with Gasteiger partial charge < -0.3 is 14.8 Å². The quantitative estimate of drug-likeness (QED) is 0.930. The Morgan fingerprint density at radius 1 is 1.35 bits per heavy atom. The Bertz CT molecular complexity index is 723. The van der Waals surface area contributed by atoms with Crippen molar-refractivity contribution in [1.29, 1.82) is 0 Å². The molecule has 3 rings (SSSR count). The molecule has 0 aromatic heterocycles. The predicted octanol–water partition coefficient (Wildman–Crippen LogP) is 3.50. The third-order valence-electron chi connectivity index (χ3n) is 3.55. The van der Waals surface area contributed by atoms with E-state index in [1.54, 1.807) is 0 Å². The maximum atomic E-state index is 13.1. The monoisotopic (exact) mass is 335 g/mol. The Kier molecular flexibility index (Phi) is 4.67. The molecule has 1 atom stereocenters. The maximum Gasteiger partial charge on any atom is 0.258 e. The van der Waals surface area contributed by atoms with E-state index in [0.29, 0.717) is 18.8 Å². The van der Waals surface area contributed by atoms with Crippen LogP contribution < -0.4 is 14.8 Å². The second-order valence-corrected chi connectivity index (χ2v) is 5.57. The summed E-state index contributed by atoms with van der Waals surface area (Å²) in [6.07, 6.45) is 0.700. The summed E-state index contributed by atoms with van der Waals surface area (Å²) in [5, 5.41) is 2.88. The van der Waals surface area contributed by atoms with Gasteiger partial charge in [-0.25, -0.2) is 4.39 Å². The van der Waals surface area contributed by atoms with Crippen LogP contribution in [0.4, 0.5) is 4.39 Å². The average Bonchev–Trinajstić information content (AvgIpc) is 2.56. The van der Waals surface area contributed by atoms with Gasteiger partial charge in [0.15, 0.2) is 6.61 Å². The van der Waals surface area contributed by atoms with Gasteiger partial charge in [0.1, 0.15) is 17.3 Å². The summed E-state index contributed by atoms with van der Waals surface area (Å²) in [5.41, 5.74) is 0.955. The van der Waals surface area contributed by atoms with Gasteiger partial charge in [-0.05, 0) is 18.2 Å². The van der Waals surface area contributed by atoms with Crippen molar-refractivity contribution in [1.82, 2.24) is 5.32 Å². The minimum atomic E-state index is -0.526. The van der Waals surface area contributed by atoms with E-state index >= 15 is 0 Å². The number of ether oxygens (including phenoxy) is 2. The number of rotatable bonds is 4. The van der Waals surface area contributed by atoms with Crippen LogP contribution in [-0.2, 0) is 4.79 Å². The smallest absolute Gasteiger partial charge is 0.258 e. The normalized spacial score (nSPS) is 16.2. The summed E-state index contributed by atoms with van der Waals surface area (Å²) in [6, 6.07) is 11.5. The summed E-state index contributed by atoms with van der Waals surface area (Å²) < 4.78 is 24.0. The van der Waals surface area contributed by atoms with Gasteiger partial charge >= 0.3 is 0 Å². The van der Waals surface area contributed by atoms with Gasteiger partial charge in [0.05, 0.1) is 17.7 Å². The second-order valence-electron chi connectivity index (χ2n) is 5.16. The van der Waals surface area contributed by atoms with Gasteiger partial charge in [-0.3, -0.25) is 4.79 Å². The Morgan fingerprint density at radius 3 is 3.00 bits per heavy atom. The first-order chi connectivity index (χ1) is 11.1. The lowest BCUT2D eigenvalue weighted by molar-refractivity contribution is -0.124. The highest BCUT2D eigenvalue weighted by molar-refractivity contribution is 6.30. The summed E-state index contributed by atoms with van der Waals surface area (Å²) in [7, 11) is 0. The number of para-hydroxylation sites is 1. The van der Waals surface area contributed by atoms with E-state index in [9.17, 15) is 9.18 Å². The van der Waals surface area contributed by atoms with E-state index in [1.807, 2.05) is 24.3 Å². The van der Waals surface area contributed by atoms with Gasteiger partial charge in [0.25, 0.3) is 5.91 Å². The molecule has 120 valence electrons. The van der Waals surface area contributed by atoms with Crippen molar-refractivity contribution >= 4 is 17.5 Å². The molecule has 0 aliphatic carbocycles. The van der Waals surface area contributed by atoms with Crippen LogP contribution in [-0.4, -0.2) is 19.1 Å². The van der Waals surface area contributed by atoms with Crippen molar-refractivity contribution in [2.75, 3.05) is 13.2 Å². The number of hydrogen-bond acceptors (Lipinski definition) is 3. The molecule has 1 heterocycles. The van der Waals surface area contributed by atoms with Gasteiger partial charge in [0, 0.05) is 18.1 Å². The number of carbonyl (C=O) groups is 1. The molecule has 1 N–H and O–H groups in total. The van der Waals surface area contributed by atoms with Crippen LogP contribution in [0.3, 0.4) is 0 Å². The van der Waals surface area contributed by atoms with Crippen LogP contribution in [0.2, 0.25) is 5.02 Å². The van der Waals surface area contributed by atoms with Gasteiger partial charge in [-0.15, -0.1) is 0 Å². The summed E-state index contributed by atoms with van der Waals surface area (Å²) in [4.78, 5) is 12.1. The first-order valence-corrected chi connectivity index (χ1v) is 7.60. The highest BCUT2D eigenvalue weighted by atomic mass is 35.5. The molecular weight excluding hydrogens is 321 g/mol. The molecule has 0 saturated carbocycles. The Labute approximate surface area is 138 Å². The lowest BCUT2D eigenvalue weighted by Crippen LogP contribution is -2.35. The van der Waals surface area contributed by atoms with Crippen molar-refractivity contribution in [3.8, 4) is 11.5 Å². The van der Waals surface area contributed by atoms with Crippen LogP contribution in [0.15, 0.2) is 42.5 Å². The second kappa shape index (κ2) is 6.87. The zero-order valence-electron chi connectivity index (χ0n) is 12.2. The SMILES string of the molecule is O=C(COc1ccc(F)c(Cl)c1)NC1CCOc2ccccc21. The minimum absolute atomic E-state index is 0.0405. The van der Waals surface area contributed by atoms with Crippen LogP contribution in [0.25, 0.3) is 0 Å². The summed E-state index contributed by atoms with van der Waals surface area (Å²) in [5.74, 6) is 0.351. The molecule has 6 heteroatoms. The number of hydrogen-bond donors (Lipinski definition) is 1. The number of fused-ring (bicyclic) bond motifs is 1. The molecule has 0 fully saturated rings. The lowest BCUT2D eigenvalue weighted by Gasteiger charge is -2.26. The first-order valence-electron chi connectivity index (χ1n) is 7.22. The van der Waals surface area contributed by atoms with Gasteiger partial charge in [-0.2, -0.15) is 0 Å². The van der Waals surface area contributed by atoms with Crippen LogP contribution in [0.1, 0.15) is 18.0 Å². The number of benzene rings is 2. The minimum Gasteiger partial charge on any atom is -0.493 e. The largest absolute Gasteiger partial charge is 0.493 e. The maximum absolute atomic E-state index is 13.1. The van der Waals surface area contributed by atoms with Crippen molar-refractivity contribution in [3.63, 3.8) is 0 Å². The van der Waals surface area contributed by atoms with E-state index in [4.69, 9.17) is 21.1 Å². The molecule has 0 spiro atoms. The zero-order valence-corrected chi connectivity index (χ0v) is 13.0. The highest BCUT2D eigenvalue weighted by Crippen LogP contribution is 2.31. The molecule has 1 aliphatic rings. The molecule has 0 saturated heterocycles. The Balaban J connectivity index is 1.59. The Morgan fingerprint density at radius 2 is 2.17 bits per heavy atom. The molecule has 2 aromatic rings. The third-order valence-corrected chi connectivity index (χ3v) is 3.84. The average molecular weight is 336 g/mol. The van der Waals surface area contributed by atoms with E-state index < -0.39 is 5.82 Å². The first kappa shape index (κ1) is 15.6. The number of carbonyl (C=O) groups excluding carboxylic acids is 1. The lowest BCUT2D eigenvalue weighted by atomic mass is 10.0. The topological polar surface area (TPSA) is 47.6 Å². The zero-order chi connectivity index (χ0) is 16.2. The molecule has 1 unspecified atom stereocenters. The fraction of sp³-hybridized carbons (Fsp3) is 0.235. The fourth-order valence-corrected chi connectivity index (χ4v) is 2.61. The molecule has 4 nitrogen and oxygen atoms in total. The molecule has 1 aliphatic heterocycles. The molecule has 2 aromatic carbocycles. The van der Waals surface area contributed by atoms with Crippen LogP contribution >= 0.6 is 11.6 Å². The van der Waals surface area contributed by atoms with Crippen molar-refractivity contribution in [3.05, 3.63) is 58.9 Å². The van der Waals surface area contributed by atoms with Crippen molar-refractivity contribution in [2.24, 2.45) is 0 Å². The van der Waals surface area contributed by atoms with E-state index in [-0.39, 0.29) is 23.6 Å². The highest BCUT2D eigenvalue weighted by Gasteiger charge is 2.22. The molecule has 0 bridgehead atoms. The van der Waals surface area contributed by atoms with Crippen LogP contribution in [0.5, 0.6) is 11.5 Å². The summed E-state index contributed by atoms with van der Waals surface area (Å²) >= 11 is 5.67. The van der Waals surface area contributed by atoms with Gasteiger partial charge in [0.2, 0.25) is 0 Å². The predicted molar refractivity (Wildman–Crippen MR) is 84.3 cm³/mol. The fourth-order valence-electron chi connectivity index (χ4n) is 2.44. The summed E-state index contributed by atoms with van der Waals surface area (Å²) in [6.45, 7) is 0.387. The molecular formula is C17H15ClFNO3. The van der Waals surface area contributed by atoms with Crippen molar-refractivity contribution in [2.45, 2.75) is 12.5 Å². The number of amides is 1. The van der Waals surface area contributed by atoms with E-state index in [1.165, 1.54) is 18.2 Å². The molecule has 1 amide bonds. The van der Waals surface area contributed by atoms with Crippen LogP contribution in [0, 0.1) is 5.82 Å². The third kappa shape index (κ3) is 3.74. The van der Waals surface area contributed by atoms with E-state index in [2.05, 4.69) is 5.32 Å². The number of nitrogens with one attached hydrogen (secondary N) is 1. The Hall–Kier alpha value is -2.27. The van der Waals surface area contributed by atoms with E-state index in [0.717, 1.165) is 11.3 Å². The van der Waals surface area contributed by atoms with Crippen molar-refractivity contribution < 1.29 is 18.7 Å².